The first-order valence-corrected chi connectivity index (χ1v) is 4.32. The molecular weight excluding hydrogens is 136 g/mol. The van der Waals surface area contributed by atoms with E-state index in [1.165, 1.54) is 23.4 Å². The Morgan fingerprint density at radius 1 is 1.36 bits per heavy atom. The molecule has 0 unspecified atom stereocenters. The van der Waals surface area contributed by atoms with E-state index in [0.717, 1.165) is 12.8 Å². The molecular formula is C9H16N2. The van der Waals surface area contributed by atoms with E-state index < -0.39 is 0 Å². The van der Waals surface area contributed by atoms with Gasteiger partial charge >= 0.3 is 0 Å². The van der Waals surface area contributed by atoms with Crippen molar-refractivity contribution in [1.29, 1.82) is 0 Å². The van der Waals surface area contributed by atoms with Crippen LogP contribution in [0, 0.1) is 6.92 Å². The molecule has 0 spiro atoms. The van der Waals surface area contributed by atoms with Crippen LogP contribution in [0.25, 0.3) is 0 Å². The third kappa shape index (κ3) is 1.62. The van der Waals surface area contributed by atoms with Crippen molar-refractivity contribution in [3.8, 4) is 0 Å². The summed E-state index contributed by atoms with van der Waals surface area (Å²) in [5.74, 6) is 0. The molecule has 1 aromatic heterocycles. The van der Waals surface area contributed by atoms with Crippen LogP contribution in [0.4, 0.5) is 0 Å². The number of aromatic nitrogens is 2. The second kappa shape index (κ2) is 3.56. The van der Waals surface area contributed by atoms with Crippen LogP contribution >= 0.6 is 0 Å². The summed E-state index contributed by atoms with van der Waals surface area (Å²) < 4.78 is 0. The third-order valence-electron chi connectivity index (χ3n) is 1.99. The quantitative estimate of drug-likeness (QED) is 0.707. The van der Waals surface area contributed by atoms with Crippen LogP contribution in [0.1, 0.15) is 37.2 Å². The molecule has 0 radical (unpaired) electrons. The van der Waals surface area contributed by atoms with Gasteiger partial charge in [0, 0.05) is 5.69 Å². The van der Waals surface area contributed by atoms with Gasteiger partial charge in [0.1, 0.15) is 0 Å². The summed E-state index contributed by atoms with van der Waals surface area (Å²) in [7, 11) is 0. The number of aromatic amines is 1. The number of nitrogens with zero attached hydrogens (tertiary/aromatic N) is 1. The van der Waals surface area contributed by atoms with E-state index in [1.807, 2.05) is 0 Å². The van der Waals surface area contributed by atoms with Crippen molar-refractivity contribution in [2.45, 2.75) is 40.0 Å². The summed E-state index contributed by atoms with van der Waals surface area (Å²) >= 11 is 0. The zero-order valence-corrected chi connectivity index (χ0v) is 7.57. The van der Waals surface area contributed by atoms with E-state index in [1.54, 1.807) is 0 Å². The smallest absolute Gasteiger partial charge is 0.0654 e. The van der Waals surface area contributed by atoms with E-state index in [-0.39, 0.29) is 0 Å². The Bertz CT molecular complexity index is 225. The van der Waals surface area contributed by atoms with E-state index in [2.05, 4.69) is 31.0 Å². The van der Waals surface area contributed by atoms with Crippen LogP contribution in [0.2, 0.25) is 0 Å². The summed E-state index contributed by atoms with van der Waals surface area (Å²) in [6.45, 7) is 6.44. The molecule has 0 amide bonds. The summed E-state index contributed by atoms with van der Waals surface area (Å²) in [4.78, 5) is 0. The maximum absolute atomic E-state index is 4.23. The predicted octanol–water partition coefficient (Wildman–Crippen LogP) is 2.23. The standard InChI is InChI=1S/C9H16N2/c1-4-6-8-7(3)10-11-9(8)5-2/h4-6H2,1-3H3,(H,10,11). The van der Waals surface area contributed by atoms with Crippen molar-refractivity contribution in [3.63, 3.8) is 0 Å². The fourth-order valence-corrected chi connectivity index (χ4v) is 1.38. The van der Waals surface area contributed by atoms with Gasteiger partial charge in [0.25, 0.3) is 0 Å². The molecule has 1 N–H and O–H groups in total. The molecule has 0 aromatic carbocycles. The molecule has 11 heavy (non-hydrogen) atoms. The molecule has 0 atom stereocenters. The van der Waals surface area contributed by atoms with E-state index in [0.29, 0.717) is 0 Å². The normalized spacial score (nSPS) is 10.5. The monoisotopic (exact) mass is 152 g/mol. The van der Waals surface area contributed by atoms with Gasteiger partial charge in [-0.1, -0.05) is 20.3 Å². The van der Waals surface area contributed by atoms with Crippen LogP contribution in [-0.2, 0) is 12.8 Å². The molecule has 1 aromatic rings. The maximum Gasteiger partial charge on any atom is 0.0654 e. The van der Waals surface area contributed by atoms with Crippen molar-refractivity contribution < 1.29 is 0 Å². The van der Waals surface area contributed by atoms with E-state index in [4.69, 9.17) is 0 Å². The summed E-state index contributed by atoms with van der Waals surface area (Å²) in [5, 5.41) is 7.25. The zero-order valence-electron chi connectivity index (χ0n) is 7.57. The second-order valence-corrected chi connectivity index (χ2v) is 2.88. The van der Waals surface area contributed by atoms with Crippen LogP contribution in [0.5, 0.6) is 0 Å². The van der Waals surface area contributed by atoms with Gasteiger partial charge in [0.2, 0.25) is 0 Å². The first kappa shape index (κ1) is 8.31. The lowest BCUT2D eigenvalue weighted by Gasteiger charge is -1.97. The molecule has 2 nitrogen and oxygen atoms in total. The predicted molar refractivity (Wildman–Crippen MR) is 46.7 cm³/mol. The Hall–Kier alpha value is -0.790. The Morgan fingerprint density at radius 3 is 2.64 bits per heavy atom. The Morgan fingerprint density at radius 2 is 2.09 bits per heavy atom. The number of aryl methyl sites for hydroxylation is 2. The molecule has 0 aliphatic rings. The molecule has 0 aliphatic heterocycles. The van der Waals surface area contributed by atoms with Crippen molar-refractivity contribution in [1.82, 2.24) is 10.2 Å². The number of hydrogen-bond acceptors (Lipinski definition) is 1. The Balaban J connectivity index is 2.88. The molecule has 0 bridgehead atoms. The molecule has 0 fully saturated rings. The summed E-state index contributed by atoms with van der Waals surface area (Å²) in [6, 6.07) is 0. The highest BCUT2D eigenvalue weighted by Gasteiger charge is 2.05. The third-order valence-corrected chi connectivity index (χ3v) is 1.99. The number of H-pyrrole nitrogens is 1. The lowest BCUT2D eigenvalue weighted by molar-refractivity contribution is 0.888. The number of hydrogen-bond donors (Lipinski definition) is 1. The zero-order chi connectivity index (χ0) is 8.27. The van der Waals surface area contributed by atoms with Gasteiger partial charge in [-0.05, 0) is 25.3 Å². The molecule has 0 saturated heterocycles. The molecule has 0 aliphatic carbocycles. The largest absolute Gasteiger partial charge is 0.282 e. The summed E-state index contributed by atoms with van der Waals surface area (Å²) in [5.41, 5.74) is 3.91. The van der Waals surface area contributed by atoms with Crippen molar-refractivity contribution in [3.05, 3.63) is 17.0 Å². The SMILES string of the molecule is CCCc1c(CC)n[nH]c1C. The van der Waals surface area contributed by atoms with Crippen LogP contribution < -0.4 is 0 Å². The molecule has 1 heterocycles. The van der Waals surface area contributed by atoms with E-state index in [9.17, 15) is 0 Å². The topological polar surface area (TPSA) is 28.7 Å². The second-order valence-electron chi connectivity index (χ2n) is 2.88. The van der Waals surface area contributed by atoms with Gasteiger partial charge in [-0.2, -0.15) is 5.10 Å². The highest BCUT2D eigenvalue weighted by molar-refractivity contribution is 5.24. The average molecular weight is 152 g/mol. The molecule has 0 saturated carbocycles. The van der Waals surface area contributed by atoms with Gasteiger partial charge in [-0.15, -0.1) is 0 Å². The van der Waals surface area contributed by atoms with E-state index >= 15 is 0 Å². The van der Waals surface area contributed by atoms with Gasteiger partial charge in [-0.3, -0.25) is 5.10 Å². The average Bonchev–Trinajstić information content (AvgIpc) is 2.34. The Labute approximate surface area is 68.0 Å². The molecule has 62 valence electrons. The first-order valence-electron chi connectivity index (χ1n) is 4.32. The minimum Gasteiger partial charge on any atom is -0.282 e. The summed E-state index contributed by atoms with van der Waals surface area (Å²) in [6.07, 6.45) is 3.40. The highest BCUT2D eigenvalue weighted by Crippen LogP contribution is 2.12. The fourth-order valence-electron chi connectivity index (χ4n) is 1.38. The molecule has 2 heteroatoms. The minimum atomic E-state index is 1.04. The first-order chi connectivity index (χ1) is 5.29. The van der Waals surface area contributed by atoms with Gasteiger partial charge < -0.3 is 0 Å². The van der Waals surface area contributed by atoms with Crippen LogP contribution in [-0.4, -0.2) is 10.2 Å². The van der Waals surface area contributed by atoms with Crippen molar-refractivity contribution in [2.24, 2.45) is 0 Å². The lowest BCUT2D eigenvalue weighted by atomic mass is 10.1. The highest BCUT2D eigenvalue weighted by atomic mass is 15.1. The number of rotatable bonds is 3. The van der Waals surface area contributed by atoms with Crippen LogP contribution in [0.15, 0.2) is 0 Å². The van der Waals surface area contributed by atoms with Gasteiger partial charge in [-0.25, -0.2) is 0 Å². The minimum absolute atomic E-state index is 1.04. The fraction of sp³-hybridized carbons (Fsp3) is 0.667. The van der Waals surface area contributed by atoms with Gasteiger partial charge in [0.05, 0.1) is 5.69 Å². The van der Waals surface area contributed by atoms with Crippen molar-refractivity contribution in [2.75, 3.05) is 0 Å². The van der Waals surface area contributed by atoms with Gasteiger partial charge in [0.15, 0.2) is 0 Å². The Kier molecular flexibility index (Phi) is 2.69. The lowest BCUT2D eigenvalue weighted by Crippen LogP contribution is -1.90. The maximum atomic E-state index is 4.23. The molecule has 1 rings (SSSR count). The van der Waals surface area contributed by atoms with Crippen molar-refractivity contribution >= 4 is 0 Å². The number of nitrogens with one attached hydrogen (secondary N) is 1. The van der Waals surface area contributed by atoms with Crippen LogP contribution in [0.3, 0.4) is 0 Å².